The van der Waals surface area contributed by atoms with Crippen molar-refractivity contribution in [3.05, 3.63) is 110 Å². The third-order valence-electron chi connectivity index (χ3n) is 5.53. The summed E-state index contributed by atoms with van der Waals surface area (Å²) in [7, 11) is 0. The molecule has 0 aliphatic rings. The molecule has 0 spiro atoms. The van der Waals surface area contributed by atoms with Gasteiger partial charge in [0, 0.05) is 5.56 Å². The monoisotopic (exact) mass is 458 g/mol. The van der Waals surface area contributed by atoms with Crippen LogP contribution in [0.5, 0.6) is 0 Å². The number of halogens is 1. The van der Waals surface area contributed by atoms with Gasteiger partial charge in [0.1, 0.15) is 6.54 Å². The molecule has 8 heteroatoms. The highest BCUT2D eigenvalue weighted by atomic mass is 35.5. The highest BCUT2D eigenvalue weighted by Gasteiger charge is 2.19. The lowest BCUT2D eigenvalue weighted by atomic mass is 10.1. The van der Waals surface area contributed by atoms with Gasteiger partial charge in [0.25, 0.3) is 5.56 Å². The van der Waals surface area contributed by atoms with E-state index in [1.54, 1.807) is 36.4 Å². The van der Waals surface area contributed by atoms with Crippen LogP contribution in [0.1, 0.15) is 17.0 Å². The first-order chi connectivity index (χ1) is 15.9. The Hall–Kier alpha value is -3.97. The quantitative estimate of drug-likeness (QED) is 0.395. The van der Waals surface area contributed by atoms with Gasteiger partial charge in [-0.3, -0.25) is 9.36 Å². The number of para-hydroxylation sites is 1. The third kappa shape index (κ3) is 3.66. The molecule has 0 saturated heterocycles. The Bertz CT molecular complexity index is 1630. The summed E-state index contributed by atoms with van der Waals surface area (Å²) in [4.78, 5) is 31.4. The number of hydrogen-bond acceptors (Lipinski definition) is 5. The normalized spacial score (nSPS) is 11.2. The smallest absolute Gasteiger partial charge is 0.336 e. The van der Waals surface area contributed by atoms with Crippen LogP contribution in [0.15, 0.2) is 80.8 Å². The average Bonchev–Trinajstić information content (AvgIpc) is 3.28. The van der Waals surface area contributed by atoms with Crippen LogP contribution in [0.25, 0.3) is 28.0 Å². The van der Waals surface area contributed by atoms with Crippen LogP contribution in [0, 0.1) is 13.8 Å². The summed E-state index contributed by atoms with van der Waals surface area (Å²) < 4.78 is 8.11. The Morgan fingerprint density at radius 2 is 1.73 bits per heavy atom. The fourth-order valence-corrected chi connectivity index (χ4v) is 4.07. The highest BCUT2D eigenvalue weighted by Crippen LogP contribution is 2.25. The minimum absolute atomic E-state index is 0.00193. The molecule has 7 nitrogen and oxygen atoms in total. The van der Waals surface area contributed by atoms with Crippen LogP contribution in [0.4, 0.5) is 0 Å². The molecule has 0 fully saturated rings. The van der Waals surface area contributed by atoms with E-state index >= 15 is 0 Å². The number of fused-ring (bicyclic) bond motifs is 1. The molecular weight excluding hydrogens is 440 g/mol. The Kier molecular flexibility index (Phi) is 5.18. The second-order valence-electron chi connectivity index (χ2n) is 7.81. The zero-order valence-electron chi connectivity index (χ0n) is 17.9. The van der Waals surface area contributed by atoms with Crippen molar-refractivity contribution in [2.75, 3.05) is 0 Å². The molecule has 5 aromatic rings. The van der Waals surface area contributed by atoms with Gasteiger partial charge in [0.05, 0.1) is 21.6 Å². The fraction of sp³-hybridized carbons (Fsp3) is 0.120. The highest BCUT2D eigenvalue weighted by molar-refractivity contribution is 6.33. The lowest BCUT2D eigenvalue weighted by Gasteiger charge is -2.14. The van der Waals surface area contributed by atoms with Crippen LogP contribution in [-0.4, -0.2) is 19.3 Å². The van der Waals surface area contributed by atoms with E-state index in [9.17, 15) is 9.59 Å². The van der Waals surface area contributed by atoms with E-state index in [1.165, 1.54) is 9.13 Å². The zero-order valence-corrected chi connectivity index (χ0v) is 18.7. The molecule has 0 radical (unpaired) electrons. The van der Waals surface area contributed by atoms with Crippen molar-refractivity contribution in [3.8, 4) is 17.1 Å². The van der Waals surface area contributed by atoms with Crippen LogP contribution < -0.4 is 11.2 Å². The van der Waals surface area contributed by atoms with E-state index in [0.717, 1.165) is 11.1 Å². The molecule has 5 rings (SSSR count). The summed E-state index contributed by atoms with van der Waals surface area (Å²) in [6.45, 7) is 3.79. The molecule has 0 aliphatic carbocycles. The molecule has 3 aromatic carbocycles. The maximum Gasteiger partial charge on any atom is 0.336 e. The first-order valence-electron chi connectivity index (χ1n) is 10.3. The lowest BCUT2D eigenvalue weighted by Crippen LogP contribution is -2.39. The summed E-state index contributed by atoms with van der Waals surface area (Å²) in [5.74, 6) is 0.555. The van der Waals surface area contributed by atoms with Gasteiger partial charge >= 0.3 is 5.69 Å². The molecule has 0 bridgehead atoms. The van der Waals surface area contributed by atoms with E-state index in [1.807, 2.05) is 44.2 Å². The number of hydrogen-bond donors (Lipinski definition) is 0. The molecule has 0 saturated carbocycles. The lowest BCUT2D eigenvalue weighted by molar-refractivity contribution is 0.370. The number of rotatable bonds is 4. The predicted octanol–water partition coefficient (Wildman–Crippen LogP) is 4.52. The van der Waals surface area contributed by atoms with Gasteiger partial charge in [0.2, 0.25) is 11.7 Å². The van der Waals surface area contributed by atoms with E-state index in [-0.39, 0.29) is 18.0 Å². The summed E-state index contributed by atoms with van der Waals surface area (Å²) in [6.07, 6.45) is 0. The Labute approximate surface area is 193 Å². The average molecular weight is 459 g/mol. The largest absolute Gasteiger partial charge is 0.337 e. The number of aromatic nitrogens is 4. The number of benzene rings is 3. The molecule has 33 heavy (non-hydrogen) atoms. The van der Waals surface area contributed by atoms with Crippen LogP contribution >= 0.6 is 11.6 Å². The third-order valence-corrected chi connectivity index (χ3v) is 5.86. The van der Waals surface area contributed by atoms with Gasteiger partial charge in [-0.1, -0.05) is 53.2 Å². The molecule has 164 valence electrons. The molecule has 0 unspecified atom stereocenters. The van der Waals surface area contributed by atoms with Crippen molar-refractivity contribution in [1.29, 1.82) is 0 Å². The molecule has 0 aliphatic heterocycles. The fourth-order valence-electron chi connectivity index (χ4n) is 3.85. The first kappa shape index (κ1) is 20.9. The second kappa shape index (κ2) is 8.18. The number of aryl methyl sites for hydroxylation is 2. The summed E-state index contributed by atoms with van der Waals surface area (Å²) >= 11 is 6.25. The molecule has 2 aromatic heterocycles. The van der Waals surface area contributed by atoms with Gasteiger partial charge < -0.3 is 4.52 Å². The summed E-state index contributed by atoms with van der Waals surface area (Å²) in [5, 5.41) is 4.94. The van der Waals surface area contributed by atoms with E-state index < -0.39 is 5.69 Å². The minimum Gasteiger partial charge on any atom is -0.337 e. The standard InChI is InChI=1S/C25H19ClN4O3/c1-15-11-12-16(2)21(13-15)30-24(31)18-8-4-6-10-20(18)29(25(30)32)14-22-27-23(28-33-22)17-7-3-5-9-19(17)26/h3-13H,14H2,1-2H3. The van der Waals surface area contributed by atoms with Crippen molar-refractivity contribution in [2.45, 2.75) is 20.4 Å². The van der Waals surface area contributed by atoms with Crippen LogP contribution in [-0.2, 0) is 6.54 Å². The molecule has 0 N–H and O–H groups in total. The van der Waals surface area contributed by atoms with Crippen LogP contribution in [0.3, 0.4) is 0 Å². The van der Waals surface area contributed by atoms with Crippen molar-refractivity contribution in [2.24, 2.45) is 0 Å². The van der Waals surface area contributed by atoms with Crippen molar-refractivity contribution in [1.82, 2.24) is 19.3 Å². The predicted molar refractivity (Wildman–Crippen MR) is 127 cm³/mol. The SMILES string of the molecule is Cc1ccc(C)c(-n2c(=O)c3ccccc3n(Cc3nc(-c4ccccc4Cl)no3)c2=O)c1. The number of nitrogens with zero attached hydrogens (tertiary/aromatic N) is 4. The summed E-state index contributed by atoms with van der Waals surface area (Å²) in [5.41, 5.74) is 2.58. The van der Waals surface area contributed by atoms with Gasteiger partial charge in [0.15, 0.2) is 0 Å². The van der Waals surface area contributed by atoms with Crippen molar-refractivity contribution >= 4 is 22.5 Å². The molecular formula is C25H19ClN4O3. The maximum atomic E-state index is 13.6. The maximum absolute atomic E-state index is 13.6. The Balaban J connectivity index is 1.70. The molecule has 0 amide bonds. The Morgan fingerprint density at radius 1 is 0.970 bits per heavy atom. The molecule has 0 atom stereocenters. The van der Waals surface area contributed by atoms with E-state index in [4.69, 9.17) is 16.1 Å². The van der Waals surface area contributed by atoms with Gasteiger partial charge in [-0.2, -0.15) is 4.98 Å². The van der Waals surface area contributed by atoms with Crippen molar-refractivity contribution < 1.29 is 4.52 Å². The van der Waals surface area contributed by atoms with Crippen molar-refractivity contribution in [3.63, 3.8) is 0 Å². The van der Waals surface area contributed by atoms with E-state index in [2.05, 4.69) is 10.1 Å². The van der Waals surface area contributed by atoms with E-state index in [0.29, 0.717) is 33.0 Å². The first-order valence-corrected chi connectivity index (χ1v) is 10.7. The topological polar surface area (TPSA) is 82.9 Å². The molecule has 2 heterocycles. The minimum atomic E-state index is -0.482. The van der Waals surface area contributed by atoms with Gasteiger partial charge in [-0.15, -0.1) is 0 Å². The van der Waals surface area contributed by atoms with Gasteiger partial charge in [-0.25, -0.2) is 9.36 Å². The van der Waals surface area contributed by atoms with Gasteiger partial charge in [-0.05, 0) is 55.3 Å². The summed E-state index contributed by atoms with van der Waals surface area (Å²) in [6, 6.07) is 19.8. The second-order valence-corrected chi connectivity index (χ2v) is 8.22. The van der Waals surface area contributed by atoms with Crippen LogP contribution in [0.2, 0.25) is 5.02 Å². The Morgan fingerprint density at radius 3 is 2.55 bits per heavy atom. The zero-order chi connectivity index (χ0) is 23.1.